The fourth-order valence-corrected chi connectivity index (χ4v) is 2.88. The molecule has 0 radical (unpaired) electrons. The summed E-state index contributed by atoms with van der Waals surface area (Å²) < 4.78 is 11.1. The highest BCUT2D eigenvalue weighted by atomic mass is 35.5. The molecule has 7 heteroatoms. The summed E-state index contributed by atoms with van der Waals surface area (Å²) in [6.07, 6.45) is 0.820. The maximum Gasteiger partial charge on any atom is 0.338 e. The largest absolute Gasteiger partial charge is 1.00 e. The Labute approximate surface area is 191 Å². The number of hydrogen-bond donors (Lipinski definition) is 2. The van der Waals surface area contributed by atoms with E-state index in [0.717, 1.165) is 18.7 Å². The summed E-state index contributed by atoms with van der Waals surface area (Å²) in [5.74, 6) is 0.752. The van der Waals surface area contributed by atoms with Crippen molar-refractivity contribution in [1.29, 1.82) is 0 Å². The monoisotopic (exact) mass is 448 g/mol. The molecule has 0 saturated carbocycles. The van der Waals surface area contributed by atoms with Crippen molar-refractivity contribution in [3.8, 4) is 5.75 Å². The lowest BCUT2D eigenvalue weighted by atomic mass is 10.1. The molecule has 1 unspecified atom stereocenters. The minimum absolute atomic E-state index is 0. The van der Waals surface area contributed by atoms with E-state index in [2.05, 4.69) is 19.2 Å². The van der Waals surface area contributed by atoms with Gasteiger partial charge in [0.05, 0.1) is 26.3 Å². The molecule has 1 atom stereocenters. The lowest BCUT2D eigenvalue weighted by Crippen LogP contribution is -3.06. The summed E-state index contributed by atoms with van der Waals surface area (Å²) in [6, 6.07) is 13.8. The van der Waals surface area contributed by atoms with E-state index in [1.165, 1.54) is 4.90 Å². The van der Waals surface area contributed by atoms with Crippen molar-refractivity contribution in [1.82, 2.24) is 0 Å². The molecule has 0 heterocycles. The lowest BCUT2D eigenvalue weighted by molar-refractivity contribution is -0.861. The molecule has 0 aliphatic rings. The Bertz CT molecular complexity index is 820. The Morgan fingerprint density at radius 2 is 1.52 bits per heavy atom. The Hall–Kier alpha value is -2.57. The Morgan fingerprint density at radius 3 is 2.06 bits per heavy atom. The van der Waals surface area contributed by atoms with Crippen LogP contribution in [0, 0.1) is 5.92 Å². The molecule has 31 heavy (non-hydrogen) atoms. The van der Waals surface area contributed by atoms with Gasteiger partial charge in [0.2, 0.25) is 0 Å². The second kappa shape index (κ2) is 13.0. The molecule has 0 aliphatic carbocycles. The van der Waals surface area contributed by atoms with Crippen LogP contribution < -0.4 is 27.4 Å². The number of benzene rings is 2. The van der Waals surface area contributed by atoms with Crippen LogP contribution in [-0.4, -0.2) is 45.2 Å². The van der Waals surface area contributed by atoms with Crippen LogP contribution in [0.3, 0.4) is 0 Å². The van der Waals surface area contributed by atoms with Crippen molar-refractivity contribution in [2.45, 2.75) is 33.3 Å². The van der Waals surface area contributed by atoms with E-state index < -0.39 is 0 Å². The molecule has 170 valence electrons. The number of anilines is 1. The summed E-state index contributed by atoms with van der Waals surface area (Å²) in [5.41, 5.74) is 1.60. The van der Waals surface area contributed by atoms with Crippen LogP contribution >= 0.6 is 0 Å². The van der Waals surface area contributed by atoms with Gasteiger partial charge in [-0.25, -0.2) is 4.79 Å². The summed E-state index contributed by atoms with van der Waals surface area (Å²) in [7, 11) is 4.02. The molecule has 0 bridgehead atoms. The highest BCUT2D eigenvalue weighted by molar-refractivity contribution is 6.04. The van der Waals surface area contributed by atoms with Crippen molar-refractivity contribution < 1.29 is 36.4 Å². The SMILES string of the molecule is CC(C)CCOc1ccc(C(=O)Nc2ccc(C(=O)OC(C)C[NH+](C)C)cc2)cc1.[Cl-]. The van der Waals surface area contributed by atoms with E-state index in [9.17, 15) is 9.59 Å². The predicted octanol–water partition coefficient (Wildman–Crippen LogP) is 0.0576. The molecule has 0 fully saturated rings. The van der Waals surface area contributed by atoms with Gasteiger partial charge in [-0.15, -0.1) is 0 Å². The zero-order chi connectivity index (χ0) is 22.1. The van der Waals surface area contributed by atoms with Crippen molar-refractivity contribution in [3.05, 3.63) is 59.7 Å². The van der Waals surface area contributed by atoms with Gasteiger partial charge in [0.25, 0.3) is 5.91 Å². The van der Waals surface area contributed by atoms with Gasteiger partial charge in [-0.1, -0.05) is 13.8 Å². The first-order valence-electron chi connectivity index (χ1n) is 10.4. The summed E-state index contributed by atoms with van der Waals surface area (Å²) >= 11 is 0. The topological polar surface area (TPSA) is 69.1 Å². The highest BCUT2D eigenvalue weighted by Gasteiger charge is 2.14. The Kier molecular flexibility index (Phi) is 11.1. The van der Waals surface area contributed by atoms with E-state index in [-0.39, 0.29) is 30.4 Å². The minimum atomic E-state index is -0.366. The number of nitrogens with one attached hydrogen (secondary N) is 2. The standard InChI is InChI=1S/C24H32N2O4.ClH/c1-17(2)14-15-29-22-12-8-19(9-13-22)23(27)25-21-10-6-20(7-11-21)24(28)30-18(3)16-26(4)5;/h6-13,17-18H,14-16H2,1-5H3,(H,25,27);1H. The Morgan fingerprint density at radius 1 is 0.935 bits per heavy atom. The first kappa shape index (κ1) is 26.5. The van der Waals surface area contributed by atoms with Crippen LogP contribution in [0.5, 0.6) is 5.75 Å². The molecule has 0 spiro atoms. The minimum Gasteiger partial charge on any atom is -1.00 e. The van der Waals surface area contributed by atoms with Gasteiger partial charge in [0.15, 0.2) is 0 Å². The van der Waals surface area contributed by atoms with Crippen LogP contribution in [0.4, 0.5) is 5.69 Å². The molecule has 1 amide bonds. The number of ether oxygens (including phenoxy) is 2. The first-order valence-corrected chi connectivity index (χ1v) is 10.4. The molecule has 2 aromatic carbocycles. The summed E-state index contributed by atoms with van der Waals surface area (Å²) in [6.45, 7) is 7.58. The molecule has 2 aromatic rings. The number of amides is 1. The third kappa shape index (κ3) is 9.40. The fraction of sp³-hybridized carbons (Fsp3) is 0.417. The molecule has 2 N–H and O–H groups in total. The molecular formula is C24H33ClN2O4. The normalized spacial score (nSPS) is 11.6. The van der Waals surface area contributed by atoms with Gasteiger partial charge in [0, 0.05) is 11.3 Å². The predicted molar refractivity (Wildman–Crippen MR) is 118 cm³/mol. The number of quaternary nitrogens is 1. The maximum atomic E-state index is 12.4. The quantitative estimate of drug-likeness (QED) is 0.504. The molecule has 0 saturated heterocycles. The highest BCUT2D eigenvalue weighted by Crippen LogP contribution is 2.16. The second-order valence-electron chi connectivity index (χ2n) is 8.21. The summed E-state index contributed by atoms with van der Waals surface area (Å²) in [5, 5.41) is 2.83. The van der Waals surface area contributed by atoms with Gasteiger partial charge in [-0.2, -0.15) is 0 Å². The molecule has 6 nitrogen and oxygen atoms in total. The third-order valence-electron chi connectivity index (χ3n) is 4.46. The van der Waals surface area contributed by atoms with Gasteiger partial charge < -0.3 is 32.1 Å². The zero-order valence-corrected chi connectivity index (χ0v) is 19.7. The second-order valence-corrected chi connectivity index (χ2v) is 8.21. The fourth-order valence-electron chi connectivity index (χ4n) is 2.88. The average molecular weight is 449 g/mol. The zero-order valence-electron chi connectivity index (χ0n) is 18.9. The van der Waals surface area contributed by atoms with Crippen LogP contribution in [0.15, 0.2) is 48.5 Å². The van der Waals surface area contributed by atoms with Crippen LogP contribution in [0.1, 0.15) is 47.9 Å². The van der Waals surface area contributed by atoms with Crippen molar-refractivity contribution in [3.63, 3.8) is 0 Å². The van der Waals surface area contributed by atoms with Crippen molar-refractivity contribution in [2.24, 2.45) is 5.92 Å². The van der Waals surface area contributed by atoms with E-state index in [0.29, 0.717) is 29.3 Å². The number of halogens is 1. The molecular weight excluding hydrogens is 416 g/mol. The molecule has 0 aromatic heterocycles. The van der Waals surface area contributed by atoms with Crippen LogP contribution in [-0.2, 0) is 4.74 Å². The first-order chi connectivity index (χ1) is 14.2. The molecule has 0 aliphatic heterocycles. The lowest BCUT2D eigenvalue weighted by Gasteiger charge is -2.15. The van der Waals surface area contributed by atoms with E-state index in [1.807, 2.05) is 21.0 Å². The Balaban J connectivity index is 0.00000480. The van der Waals surface area contributed by atoms with Crippen LogP contribution in [0.25, 0.3) is 0 Å². The van der Waals surface area contributed by atoms with E-state index in [4.69, 9.17) is 9.47 Å². The van der Waals surface area contributed by atoms with E-state index >= 15 is 0 Å². The number of rotatable bonds is 10. The van der Waals surface area contributed by atoms with Crippen molar-refractivity contribution in [2.75, 3.05) is 32.6 Å². The number of carbonyl (C=O) groups excluding carboxylic acids is 2. The summed E-state index contributed by atoms with van der Waals surface area (Å²) in [4.78, 5) is 25.9. The van der Waals surface area contributed by atoms with Crippen molar-refractivity contribution >= 4 is 17.6 Å². The smallest absolute Gasteiger partial charge is 0.338 e. The molecule has 2 rings (SSSR count). The number of hydrogen-bond acceptors (Lipinski definition) is 4. The maximum absolute atomic E-state index is 12.4. The van der Waals surface area contributed by atoms with Gasteiger partial charge >= 0.3 is 5.97 Å². The number of likely N-dealkylation sites (N-methyl/N-ethyl adjacent to an activating group) is 1. The van der Waals surface area contributed by atoms with Gasteiger partial charge in [0.1, 0.15) is 18.4 Å². The number of carbonyl (C=O) groups is 2. The van der Waals surface area contributed by atoms with E-state index in [1.54, 1.807) is 48.5 Å². The van der Waals surface area contributed by atoms with Crippen LogP contribution in [0.2, 0.25) is 0 Å². The average Bonchev–Trinajstić information content (AvgIpc) is 2.68. The van der Waals surface area contributed by atoms with Gasteiger partial charge in [-0.05, 0) is 67.8 Å². The number of esters is 1. The van der Waals surface area contributed by atoms with Gasteiger partial charge in [-0.3, -0.25) is 4.79 Å². The third-order valence-corrected chi connectivity index (χ3v) is 4.46.